The summed E-state index contributed by atoms with van der Waals surface area (Å²) in [5.74, 6) is 0.830. The van der Waals surface area contributed by atoms with Gasteiger partial charge in [-0.05, 0) is 61.0 Å². The molecule has 5 heteroatoms. The van der Waals surface area contributed by atoms with Crippen molar-refractivity contribution in [2.75, 3.05) is 23.3 Å². The summed E-state index contributed by atoms with van der Waals surface area (Å²) in [6.07, 6.45) is 3.80. The smallest absolute Gasteiger partial charge is 0.256 e. The highest BCUT2D eigenvalue weighted by atomic mass is 32.2. The highest BCUT2D eigenvalue weighted by Gasteiger charge is 2.14. The van der Waals surface area contributed by atoms with Crippen LogP contribution >= 0.6 is 23.1 Å². The molecule has 3 nitrogen and oxygen atoms in total. The maximum atomic E-state index is 12.9. The summed E-state index contributed by atoms with van der Waals surface area (Å²) in [7, 11) is 0. The lowest BCUT2D eigenvalue weighted by molar-refractivity contribution is 0.102. The van der Waals surface area contributed by atoms with E-state index in [9.17, 15) is 4.79 Å². The molecule has 1 aromatic heterocycles. The summed E-state index contributed by atoms with van der Waals surface area (Å²) in [6.45, 7) is 2.19. The molecule has 0 aliphatic carbocycles. The first-order valence-electron chi connectivity index (χ1n) is 9.70. The van der Waals surface area contributed by atoms with Gasteiger partial charge in [0, 0.05) is 40.0 Å². The van der Waals surface area contributed by atoms with Crippen LogP contribution < -0.4 is 10.2 Å². The van der Waals surface area contributed by atoms with Gasteiger partial charge in [-0.3, -0.25) is 4.79 Å². The Labute approximate surface area is 174 Å². The Morgan fingerprint density at radius 2 is 1.86 bits per heavy atom. The Kier molecular flexibility index (Phi) is 6.34. The third-order valence-corrected chi connectivity index (χ3v) is 7.09. The van der Waals surface area contributed by atoms with Gasteiger partial charge in [-0.15, -0.1) is 23.1 Å². The van der Waals surface area contributed by atoms with Gasteiger partial charge in [0.05, 0.1) is 5.56 Å². The number of amides is 1. The largest absolute Gasteiger partial charge is 0.371 e. The van der Waals surface area contributed by atoms with E-state index >= 15 is 0 Å². The van der Waals surface area contributed by atoms with Crippen molar-refractivity contribution in [3.8, 4) is 0 Å². The molecule has 2 aromatic carbocycles. The second-order valence-electron chi connectivity index (χ2n) is 6.92. The van der Waals surface area contributed by atoms with Crippen LogP contribution in [0.25, 0.3) is 0 Å². The number of rotatable bonds is 6. The van der Waals surface area contributed by atoms with E-state index in [1.165, 1.54) is 29.8 Å². The molecule has 2 heterocycles. The van der Waals surface area contributed by atoms with Gasteiger partial charge in [0.15, 0.2) is 0 Å². The van der Waals surface area contributed by atoms with E-state index in [1.54, 1.807) is 23.1 Å². The highest BCUT2D eigenvalue weighted by molar-refractivity contribution is 7.98. The van der Waals surface area contributed by atoms with Crippen molar-refractivity contribution >= 4 is 40.4 Å². The van der Waals surface area contributed by atoms with Crippen LogP contribution in [-0.4, -0.2) is 19.0 Å². The first-order chi connectivity index (χ1) is 13.8. The van der Waals surface area contributed by atoms with Gasteiger partial charge >= 0.3 is 0 Å². The average molecular weight is 409 g/mol. The minimum atomic E-state index is -0.0509. The summed E-state index contributed by atoms with van der Waals surface area (Å²) in [6, 6.07) is 20.2. The number of nitrogens with one attached hydrogen (secondary N) is 1. The molecule has 1 N–H and O–H groups in total. The lowest BCUT2D eigenvalue weighted by Crippen LogP contribution is -2.29. The number of hydrogen-bond acceptors (Lipinski definition) is 4. The number of benzene rings is 2. The van der Waals surface area contributed by atoms with Crippen LogP contribution in [0.1, 0.15) is 34.5 Å². The maximum Gasteiger partial charge on any atom is 0.256 e. The van der Waals surface area contributed by atoms with Crippen LogP contribution in [0.4, 0.5) is 11.4 Å². The fraction of sp³-hybridized carbons (Fsp3) is 0.261. The van der Waals surface area contributed by atoms with Gasteiger partial charge in [-0.1, -0.05) is 24.3 Å². The van der Waals surface area contributed by atoms with Crippen molar-refractivity contribution in [1.29, 1.82) is 0 Å². The normalized spacial score (nSPS) is 14.1. The molecule has 3 aromatic rings. The molecule has 144 valence electrons. The van der Waals surface area contributed by atoms with Gasteiger partial charge in [-0.25, -0.2) is 0 Å². The summed E-state index contributed by atoms with van der Waals surface area (Å²) >= 11 is 3.46. The molecule has 0 bridgehead atoms. The van der Waals surface area contributed by atoms with Crippen molar-refractivity contribution in [3.63, 3.8) is 0 Å². The zero-order chi connectivity index (χ0) is 19.2. The minimum absolute atomic E-state index is 0.0509. The van der Waals surface area contributed by atoms with E-state index in [4.69, 9.17) is 0 Å². The van der Waals surface area contributed by atoms with Crippen molar-refractivity contribution in [1.82, 2.24) is 0 Å². The van der Waals surface area contributed by atoms with Gasteiger partial charge in [0.1, 0.15) is 0 Å². The first kappa shape index (κ1) is 19.1. The Morgan fingerprint density at radius 1 is 1.00 bits per heavy atom. The maximum absolute atomic E-state index is 12.9. The monoisotopic (exact) mass is 408 g/mol. The molecule has 1 aliphatic heterocycles. The molecule has 28 heavy (non-hydrogen) atoms. The third-order valence-electron chi connectivity index (χ3n) is 4.91. The van der Waals surface area contributed by atoms with Crippen LogP contribution in [0.2, 0.25) is 0 Å². The quantitative estimate of drug-likeness (QED) is 0.487. The number of thiophene rings is 1. The SMILES string of the molecule is O=C(Nc1cccc(N2CCCCC2)c1)c1ccccc1SCc1cccs1. The van der Waals surface area contributed by atoms with Crippen LogP contribution in [0.3, 0.4) is 0 Å². The lowest BCUT2D eigenvalue weighted by atomic mass is 10.1. The molecule has 0 unspecified atom stereocenters. The Hall–Kier alpha value is -2.24. The Bertz CT molecular complexity index is 918. The average Bonchev–Trinajstić information content (AvgIpc) is 3.27. The summed E-state index contributed by atoms with van der Waals surface area (Å²) in [5.41, 5.74) is 2.77. The topological polar surface area (TPSA) is 32.3 Å². The molecule has 1 fully saturated rings. The van der Waals surface area contributed by atoms with Crippen LogP contribution in [-0.2, 0) is 5.75 Å². The molecule has 1 amide bonds. The van der Waals surface area contributed by atoms with E-state index < -0.39 is 0 Å². The van der Waals surface area contributed by atoms with E-state index in [2.05, 4.69) is 39.9 Å². The Morgan fingerprint density at radius 3 is 2.68 bits per heavy atom. The zero-order valence-corrected chi connectivity index (χ0v) is 17.4. The molecule has 0 atom stereocenters. The molecule has 0 radical (unpaired) electrons. The summed E-state index contributed by atoms with van der Waals surface area (Å²) in [5, 5.41) is 5.18. The second kappa shape index (κ2) is 9.30. The molecule has 1 saturated heterocycles. The van der Waals surface area contributed by atoms with Crippen LogP contribution in [0.5, 0.6) is 0 Å². The zero-order valence-electron chi connectivity index (χ0n) is 15.8. The van der Waals surface area contributed by atoms with Crippen LogP contribution in [0, 0.1) is 0 Å². The first-order valence-corrected chi connectivity index (χ1v) is 11.6. The molecule has 4 rings (SSSR count). The number of thioether (sulfide) groups is 1. The van der Waals surface area contributed by atoms with E-state index in [0.717, 1.165) is 35.0 Å². The predicted molar refractivity (Wildman–Crippen MR) is 121 cm³/mol. The number of nitrogens with zero attached hydrogens (tertiary/aromatic N) is 1. The third kappa shape index (κ3) is 4.78. The lowest BCUT2D eigenvalue weighted by Gasteiger charge is -2.29. The number of hydrogen-bond donors (Lipinski definition) is 1. The van der Waals surface area contributed by atoms with Gasteiger partial charge < -0.3 is 10.2 Å². The molecule has 0 spiro atoms. The summed E-state index contributed by atoms with van der Waals surface area (Å²) < 4.78 is 0. The molecule has 1 aliphatic rings. The molecular formula is C23H24N2OS2. The summed E-state index contributed by atoms with van der Waals surface area (Å²) in [4.78, 5) is 17.7. The Balaban J connectivity index is 1.46. The number of carbonyl (C=O) groups excluding carboxylic acids is 1. The van der Waals surface area contributed by atoms with Gasteiger partial charge in [0.25, 0.3) is 5.91 Å². The van der Waals surface area contributed by atoms with E-state index in [-0.39, 0.29) is 5.91 Å². The van der Waals surface area contributed by atoms with Crippen molar-refractivity contribution in [2.45, 2.75) is 29.9 Å². The van der Waals surface area contributed by atoms with E-state index in [1.807, 2.05) is 36.4 Å². The van der Waals surface area contributed by atoms with Gasteiger partial charge in [0.2, 0.25) is 0 Å². The molecule has 0 saturated carbocycles. The van der Waals surface area contributed by atoms with E-state index in [0.29, 0.717) is 0 Å². The van der Waals surface area contributed by atoms with Crippen LogP contribution in [0.15, 0.2) is 70.9 Å². The predicted octanol–water partition coefficient (Wildman–Crippen LogP) is 6.28. The minimum Gasteiger partial charge on any atom is -0.371 e. The number of piperidine rings is 1. The highest BCUT2D eigenvalue weighted by Crippen LogP contribution is 2.29. The van der Waals surface area contributed by atoms with Crippen molar-refractivity contribution in [2.24, 2.45) is 0 Å². The fourth-order valence-corrected chi connectivity index (χ4v) is 5.28. The van der Waals surface area contributed by atoms with Crippen molar-refractivity contribution < 1.29 is 4.79 Å². The molecular weight excluding hydrogens is 384 g/mol. The van der Waals surface area contributed by atoms with Gasteiger partial charge in [-0.2, -0.15) is 0 Å². The number of carbonyl (C=O) groups is 1. The standard InChI is InChI=1S/C23H24N2OS2/c26-23(21-11-2-3-12-22(21)28-17-20-10-7-15-27-20)24-18-8-6-9-19(16-18)25-13-4-1-5-14-25/h2-3,6-12,15-16H,1,4-5,13-14,17H2,(H,24,26). The number of anilines is 2. The van der Waals surface area contributed by atoms with Crippen molar-refractivity contribution in [3.05, 3.63) is 76.5 Å². The fourth-order valence-electron chi connectivity index (χ4n) is 3.45. The second-order valence-corrected chi connectivity index (χ2v) is 8.97.